The van der Waals surface area contributed by atoms with Gasteiger partial charge in [0.25, 0.3) is 0 Å². The highest BCUT2D eigenvalue weighted by Crippen LogP contribution is 2.43. The van der Waals surface area contributed by atoms with E-state index >= 15 is 0 Å². The van der Waals surface area contributed by atoms with Crippen LogP contribution >= 0.6 is 0 Å². The third-order valence-corrected chi connectivity index (χ3v) is 11.7. The van der Waals surface area contributed by atoms with Gasteiger partial charge < -0.3 is 0 Å². The van der Waals surface area contributed by atoms with Crippen molar-refractivity contribution in [3.05, 3.63) is 206 Å². The van der Waals surface area contributed by atoms with Gasteiger partial charge in [0.1, 0.15) is 0 Å². The number of benzene rings is 9. The molecule has 0 aliphatic heterocycles. The topological polar surface area (TPSA) is 77.3 Å². The minimum absolute atomic E-state index is 0.616. The van der Waals surface area contributed by atoms with Crippen LogP contribution in [-0.2, 0) is 0 Å². The van der Waals surface area contributed by atoms with E-state index in [4.69, 9.17) is 29.9 Å². The van der Waals surface area contributed by atoms with Crippen LogP contribution in [0.3, 0.4) is 0 Å². The Labute approximate surface area is 357 Å². The summed E-state index contributed by atoms with van der Waals surface area (Å²) in [5, 5.41) is 11.3. The molecule has 0 aliphatic carbocycles. The van der Waals surface area contributed by atoms with Crippen LogP contribution in [0.25, 0.3) is 122 Å². The smallest absolute Gasteiger partial charge is 0.164 e. The first-order valence-electron chi connectivity index (χ1n) is 20.7. The molecule has 6 nitrogen and oxygen atoms in total. The molecule has 0 radical (unpaired) electrons. The van der Waals surface area contributed by atoms with E-state index in [1.807, 2.05) is 121 Å². The van der Waals surface area contributed by atoms with E-state index in [0.717, 1.165) is 76.5 Å². The summed E-state index contributed by atoms with van der Waals surface area (Å²) in [7, 11) is 0. The summed E-state index contributed by atoms with van der Waals surface area (Å²) in [4.78, 5) is 30.6. The average molecular weight is 791 g/mol. The number of hydrogen-bond acceptors (Lipinski definition) is 6. The first-order chi connectivity index (χ1) is 30.7. The van der Waals surface area contributed by atoms with Crippen molar-refractivity contribution in [2.24, 2.45) is 0 Å². The van der Waals surface area contributed by atoms with E-state index in [2.05, 4.69) is 84.9 Å². The molecule has 288 valence electrons. The van der Waals surface area contributed by atoms with Crippen LogP contribution < -0.4 is 0 Å². The largest absolute Gasteiger partial charge is 0.208 e. The van der Waals surface area contributed by atoms with Gasteiger partial charge in [-0.15, -0.1) is 0 Å². The van der Waals surface area contributed by atoms with Crippen molar-refractivity contribution < 1.29 is 0 Å². The molecule has 0 saturated carbocycles. The van der Waals surface area contributed by atoms with Gasteiger partial charge in [0.15, 0.2) is 34.9 Å². The molecule has 0 spiro atoms. The molecule has 0 saturated heterocycles. The molecule has 6 heteroatoms. The number of rotatable bonds is 6. The summed E-state index contributed by atoms with van der Waals surface area (Å²) in [5.74, 6) is 3.75. The van der Waals surface area contributed by atoms with E-state index in [9.17, 15) is 0 Å². The minimum Gasteiger partial charge on any atom is -0.208 e. The SMILES string of the molecule is c1ccc(-c2nc(-c3ccccc3)nc(-c3cc4ccc5cc(-c6nc(-c7ccccc7)nc(-c7ccccc7)n6)cc6c7ccccc7c7ccccc7c(c3)c4c56)n2)cc1. The Morgan fingerprint density at radius 3 is 0.726 bits per heavy atom. The van der Waals surface area contributed by atoms with Gasteiger partial charge in [-0.05, 0) is 78.1 Å². The van der Waals surface area contributed by atoms with Crippen LogP contribution in [0, 0.1) is 0 Å². The van der Waals surface area contributed by atoms with Crippen molar-refractivity contribution in [3.8, 4) is 68.3 Å². The Morgan fingerprint density at radius 2 is 0.435 bits per heavy atom. The monoisotopic (exact) mass is 790 g/mol. The molecule has 0 N–H and O–H groups in total. The Balaban J connectivity index is 1.17. The predicted octanol–water partition coefficient (Wildman–Crippen LogP) is 13.8. The van der Waals surface area contributed by atoms with Crippen molar-refractivity contribution in [2.45, 2.75) is 0 Å². The zero-order valence-electron chi connectivity index (χ0n) is 33.3. The Morgan fingerprint density at radius 1 is 0.194 bits per heavy atom. The molecule has 0 aliphatic rings. The van der Waals surface area contributed by atoms with Crippen molar-refractivity contribution in [3.63, 3.8) is 0 Å². The van der Waals surface area contributed by atoms with E-state index in [-0.39, 0.29) is 0 Å². The quantitative estimate of drug-likeness (QED) is 0.156. The van der Waals surface area contributed by atoms with Crippen molar-refractivity contribution in [1.29, 1.82) is 0 Å². The lowest BCUT2D eigenvalue weighted by Gasteiger charge is -2.16. The maximum Gasteiger partial charge on any atom is 0.164 e. The number of nitrogens with zero attached hydrogens (tertiary/aromatic N) is 6. The van der Waals surface area contributed by atoms with Crippen LogP contribution in [0.2, 0.25) is 0 Å². The minimum atomic E-state index is 0.616. The fourth-order valence-corrected chi connectivity index (χ4v) is 8.79. The molecule has 2 heterocycles. The summed E-state index contributed by atoms with van der Waals surface area (Å²) in [6, 6.07) is 71.4. The average Bonchev–Trinajstić information content (AvgIpc) is 3.36. The lowest BCUT2D eigenvalue weighted by atomic mass is 9.88. The molecule has 10 aromatic carbocycles. The molecule has 12 rings (SSSR count). The molecular weight excluding hydrogens is 757 g/mol. The molecular formula is C56H34N6. The van der Waals surface area contributed by atoms with E-state index in [1.54, 1.807) is 0 Å². The lowest BCUT2D eigenvalue weighted by molar-refractivity contribution is 1.07. The van der Waals surface area contributed by atoms with Gasteiger partial charge in [0.05, 0.1) is 0 Å². The molecule has 2 aromatic heterocycles. The number of fused-ring (bicyclic) bond motifs is 5. The van der Waals surface area contributed by atoms with E-state index < -0.39 is 0 Å². The molecule has 12 aromatic rings. The zero-order valence-corrected chi connectivity index (χ0v) is 33.3. The van der Waals surface area contributed by atoms with Crippen LogP contribution in [0.1, 0.15) is 0 Å². The fraction of sp³-hybridized carbons (Fsp3) is 0. The number of aromatic nitrogens is 6. The fourth-order valence-electron chi connectivity index (χ4n) is 8.79. The van der Waals surface area contributed by atoms with Gasteiger partial charge in [-0.25, -0.2) is 29.9 Å². The third-order valence-electron chi connectivity index (χ3n) is 11.7. The van der Waals surface area contributed by atoms with E-state index in [1.165, 1.54) is 10.8 Å². The number of hydrogen-bond donors (Lipinski definition) is 0. The second-order valence-corrected chi connectivity index (χ2v) is 15.5. The maximum atomic E-state index is 5.16. The van der Waals surface area contributed by atoms with Gasteiger partial charge in [0.2, 0.25) is 0 Å². The lowest BCUT2D eigenvalue weighted by Crippen LogP contribution is -2.00. The second kappa shape index (κ2) is 14.7. The summed E-state index contributed by atoms with van der Waals surface area (Å²) in [6.45, 7) is 0. The first-order valence-corrected chi connectivity index (χ1v) is 20.7. The van der Waals surface area contributed by atoms with Crippen molar-refractivity contribution >= 4 is 53.9 Å². The standard InChI is InChI=1S/C56H34N6/c1-5-17-35(18-6-1)51-57-52(36-19-7-2-8-20-36)60-55(59-51)41-31-39-29-30-40-32-42(56-61-53(37-21-9-3-10-22-37)58-54(62-56)38-23-11-4-12-24-38)34-48-46-28-16-14-26-44(46)43-25-13-15-27-45(43)47(33-41)49(39)50(40)48/h1-34H. The van der Waals surface area contributed by atoms with Gasteiger partial charge in [-0.1, -0.05) is 182 Å². The molecule has 0 amide bonds. The van der Waals surface area contributed by atoms with Crippen LogP contribution in [0.4, 0.5) is 0 Å². The summed E-state index contributed by atoms with van der Waals surface area (Å²) >= 11 is 0. The maximum absolute atomic E-state index is 5.16. The van der Waals surface area contributed by atoms with Crippen LogP contribution in [-0.4, -0.2) is 29.9 Å². The molecule has 62 heavy (non-hydrogen) atoms. The summed E-state index contributed by atoms with van der Waals surface area (Å²) in [6.07, 6.45) is 0. The molecule has 0 unspecified atom stereocenters. The second-order valence-electron chi connectivity index (χ2n) is 15.5. The van der Waals surface area contributed by atoms with Gasteiger partial charge >= 0.3 is 0 Å². The summed E-state index contributed by atoms with van der Waals surface area (Å²) < 4.78 is 0. The van der Waals surface area contributed by atoms with Crippen molar-refractivity contribution in [2.75, 3.05) is 0 Å². The third kappa shape index (κ3) is 6.13. The first kappa shape index (κ1) is 35.5. The van der Waals surface area contributed by atoms with E-state index in [0.29, 0.717) is 34.9 Å². The highest BCUT2D eigenvalue weighted by molar-refractivity contribution is 6.33. The van der Waals surface area contributed by atoms with Crippen LogP contribution in [0.5, 0.6) is 0 Å². The zero-order chi connectivity index (χ0) is 41.0. The highest BCUT2D eigenvalue weighted by Gasteiger charge is 2.20. The van der Waals surface area contributed by atoms with Gasteiger partial charge in [0, 0.05) is 33.4 Å². The molecule has 0 atom stereocenters. The van der Waals surface area contributed by atoms with Crippen molar-refractivity contribution in [1.82, 2.24) is 29.9 Å². The normalized spacial score (nSPS) is 11.5. The van der Waals surface area contributed by atoms with Crippen LogP contribution in [0.15, 0.2) is 206 Å². The Kier molecular flexibility index (Phi) is 8.38. The van der Waals surface area contributed by atoms with Gasteiger partial charge in [-0.2, -0.15) is 0 Å². The summed E-state index contributed by atoms with van der Waals surface area (Å²) in [5.41, 5.74) is 5.56. The predicted molar refractivity (Wildman–Crippen MR) is 253 cm³/mol. The molecule has 0 bridgehead atoms. The molecule has 0 fully saturated rings. The Hall–Kier alpha value is -8.48. The highest BCUT2D eigenvalue weighted by atomic mass is 15.0. The Bertz CT molecular complexity index is 3310. The van der Waals surface area contributed by atoms with Gasteiger partial charge in [-0.3, -0.25) is 0 Å².